The van der Waals surface area contributed by atoms with Gasteiger partial charge in [-0.1, -0.05) is 0 Å². The van der Waals surface area contributed by atoms with Gasteiger partial charge in [0.1, 0.15) is 12.1 Å². The number of carbonyl (C=O) groups is 2. The number of rotatable bonds is 3. The van der Waals surface area contributed by atoms with E-state index in [9.17, 15) is 14.4 Å². The third kappa shape index (κ3) is 4.48. The molecule has 0 radical (unpaired) electrons. The second-order valence-corrected chi connectivity index (χ2v) is 5.94. The highest BCUT2D eigenvalue weighted by Gasteiger charge is 2.18. The Bertz CT molecular complexity index is 585. The zero-order chi connectivity index (χ0) is 15.5. The van der Waals surface area contributed by atoms with Crippen LogP contribution in [0.2, 0.25) is 0 Å². The number of hydrogen-bond donors (Lipinski definition) is 0. The van der Waals surface area contributed by atoms with Crippen molar-refractivity contribution < 1.29 is 19.1 Å². The second-order valence-electron chi connectivity index (χ2n) is 5.09. The molecule has 0 atom stereocenters. The molecule has 0 unspecified atom stereocenters. The first-order chi connectivity index (χ1) is 9.14. The minimum absolute atomic E-state index is 0.169. The van der Waals surface area contributed by atoms with Gasteiger partial charge in [0.2, 0.25) is 0 Å². The molecule has 1 rings (SSSR count). The van der Waals surface area contributed by atoms with E-state index in [1.807, 2.05) is 0 Å². The first kappa shape index (κ1) is 16.4. The highest BCUT2D eigenvalue weighted by Crippen LogP contribution is 2.10. The van der Waals surface area contributed by atoms with Crippen LogP contribution in [0.4, 0.5) is 0 Å². The molecule has 110 valence electrons. The van der Waals surface area contributed by atoms with Crippen LogP contribution in [0.25, 0.3) is 0 Å². The quantitative estimate of drug-likeness (QED) is 0.780. The van der Waals surface area contributed by atoms with Crippen molar-refractivity contribution in [3.05, 3.63) is 32.7 Å². The van der Waals surface area contributed by atoms with E-state index in [2.05, 4.69) is 20.7 Å². The fraction of sp³-hybridized carbons (Fsp3) is 0.462. The first-order valence-electron chi connectivity index (χ1n) is 5.84. The monoisotopic (exact) mass is 345 g/mol. The summed E-state index contributed by atoms with van der Waals surface area (Å²) < 4.78 is 11.0. The van der Waals surface area contributed by atoms with Gasteiger partial charge in [0.15, 0.2) is 0 Å². The van der Waals surface area contributed by atoms with Gasteiger partial charge in [0.25, 0.3) is 5.56 Å². The van der Waals surface area contributed by atoms with Gasteiger partial charge in [-0.15, -0.1) is 0 Å². The van der Waals surface area contributed by atoms with Crippen LogP contribution < -0.4 is 5.56 Å². The van der Waals surface area contributed by atoms with Gasteiger partial charge < -0.3 is 14.0 Å². The number of nitrogens with zero attached hydrogens (tertiary/aromatic N) is 1. The topological polar surface area (TPSA) is 74.6 Å². The third-order valence-corrected chi connectivity index (χ3v) is 2.75. The lowest BCUT2D eigenvalue weighted by molar-refractivity contribution is -0.155. The number of pyridine rings is 1. The summed E-state index contributed by atoms with van der Waals surface area (Å²) in [5, 5.41) is 0. The molecule has 6 nitrogen and oxygen atoms in total. The van der Waals surface area contributed by atoms with Gasteiger partial charge in [-0.3, -0.25) is 9.59 Å². The van der Waals surface area contributed by atoms with Crippen molar-refractivity contribution in [1.82, 2.24) is 4.57 Å². The van der Waals surface area contributed by atoms with Gasteiger partial charge in [0, 0.05) is 6.20 Å². The van der Waals surface area contributed by atoms with E-state index >= 15 is 0 Å². The molecule has 0 saturated carbocycles. The van der Waals surface area contributed by atoms with Crippen molar-refractivity contribution in [2.45, 2.75) is 32.9 Å². The Labute approximate surface area is 124 Å². The molecule has 0 N–H and O–H groups in total. The highest BCUT2D eigenvalue weighted by molar-refractivity contribution is 9.10. The number of methoxy groups -OCH3 is 1. The van der Waals surface area contributed by atoms with E-state index < -0.39 is 23.1 Å². The molecule has 1 aromatic rings. The Balaban J connectivity index is 3.06. The lowest BCUT2D eigenvalue weighted by Gasteiger charge is -2.19. The van der Waals surface area contributed by atoms with Gasteiger partial charge >= 0.3 is 11.9 Å². The van der Waals surface area contributed by atoms with E-state index in [-0.39, 0.29) is 16.6 Å². The summed E-state index contributed by atoms with van der Waals surface area (Å²) in [5.74, 6) is -1.16. The maximum atomic E-state index is 11.9. The summed E-state index contributed by atoms with van der Waals surface area (Å²) >= 11 is 3.05. The summed E-state index contributed by atoms with van der Waals surface area (Å²) in [4.78, 5) is 35.1. The first-order valence-corrected chi connectivity index (χ1v) is 6.63. The molecule has 20 heavy (non-hydrogen) atoms. The Hall–Kier alpha value is -1.63. The SMILES string of the molecule is COC(=O)c1cc(Br)c(=O)n(CC(=O)OC(C)(C)C)c1. The van der Waals surface area contributed by atoms with E-state index in [0.717, 1.165) is 4.57 Å². The Morgan fingerprint density at radius 2 is 1.95 bits per heavy atom. The van der Waals surface area contributed by atoms with Crippen molar-refractivity contribution in [3.63, 3.8) is 0 Å². The zero-order valence-corrected chi connectivity index (χ0v) is 13.3. The van der Waals surface area contributed by atoms with Crippen LogP contribution in [0.3, 0.4) is 0 Å². The lowest BCUT2D eigenvalue weighted by atomic mass is 10.2. The summed E-state index contributed by atoms with van der Waals surface area (Å²) in [6.07, 6.45) is 1.27. The second kappa shape index (κ2) is 6.21. The fourth-order valence-electron chi connectivity index (χ4n) is 1.46. The highest BCUT2D eigenvalue weighted by atomic mass is 79.9. The van der Waals surface area contributed by atoms with Crippen LogP contribution in [0.15, 0.2) is 21.5 Å². The molecular weight excluding hydrogens is 330 g/mol. The van der Waals surface area contributed by atoms with Crippen LogP contribution in [0.5, 0.6) is 0 Å². The third-order valence-electron chi connectivity index (χ3n) is 2.18. The average Bonchev–Trinajstić information content (AvgIpc) is 2.31. The van der Waals surface area contributed by atoms with Crippen molar-refractivity contribution in [1.29, 1.82) is 0 Å². The van der Waals surface area contributed by atoms with E-state index in [1.54, 1.807) is 20.8 Å². The van der Waals surface area contributed by atoms with Crippen molar-refractivity contribution in [2.75, 3.05) is 7.11 Å². The predicted octanol–water partition coefficient (Wildman–Crippen LogP) is 1.74. The van der Waals surface area contributed by atoms with Gasteiger partial charge in [-0.05, 0) is 42.8 Å². The number of ether oxygens (including phenoxy) is 2. The Morgan fingerprint density at radius 1 is 1.35 bits per heavy atom. The molecule has 0 fully saturated rings. The molecule has 7 heteroatoms. The van der Waals surface area contributed by atoms with Crippen LogP contribution in [-0.4, -0.2) is 29.2 Å². The molecule has 0 spiro atoms. The van der Waals surface area contributed by atoms with Crippen LogP contribution in [-0.2, 0) is 20.8 Å². The number of carbonyl (C=O) groups excluding carboxylic acids is 2. The summed E-state index contributed by atoms with van der Waals surface area (Å²) in [7, 11) is 1.24. The smallest absolute Gasteiger partial charge is 0.339 e. The maximum Gasteiger partial charge on any atom is 0.339 e. The predicted molar refractivity (Wildman–Crippen MR) is 75.6 cm³/mol. The molecule has 0 aromatic carbocycles. The normalized spacial score (nSPS) is 11.1. The summed E-state index contributed by atoms with van der Waals surface area (Å²) in [5.41, 5.74) is -0.899. The van der Waals surface area contributed by atoms with Gasteiger partial charge in [-0.2, -0.15) is 0 Å². The van der Waals surface area contributed by atoms with E-state index in [0.29, 0.717) is 0 Å². The average molecular weight is 346 g/mol. The van der Waals surface area contributed by atoms with Crippen molar-refractivity contribution in [3.8, 4) is 0 Å². The number of halogens is 1. The van der Waals surface area contributed by atoms with Gasteiger partial charge in [-0.25, -0.2) is 4.79 Å². The van der Waals surface area contributed by atoms with E-state index in [4.69, 9.17) is 4.74 Å². The fourth-order valence-corrected chi connectivity index (χ4v) is 1.93. The molecule has 1 heterocycles. The van der Waals surface area contributed by atoms with E-state index in [1.165, 1.54) is 19.4 Å². The standard InChI is InChI=1S/C13H16BrNO5/c1-13(2,3)20-10(16)7-15-6-8(12(18)19-4)5-9(14)11(15)17/h5-6H,7H2,1-4H3. The largest absolute Gasteiger partial charge is 0.465 e. The molecule has 0 bridgehead atoms. The summed E-state index contributed by atoms with van der Waals surface area (Å²) in [6.45, 7) is 4.91. The maximum absolute atomic E-state index is 11.9. The molecule has 0 aliphatic carbocycles. The Morgan fingerprint density at radius 3 is 2.45 bits per heavy atom. The molecular formula is C13H16BrNO5. The summed E-state index contributed by atoms with van der Waals surface area (Å²) in [6, 6.07) is 1.35. The molecule has 0 amide bonds. The van der Waals surface area contributed by atoms with Crippen molar-refractivity contribution in [2.24, 2.45) is 0 Å². The lowest BCUT2D eigenvalue weighted by Crippen LogP contribution is -2.31. The Kier molecular flexibility index (Phi) is 5.10. The van der Waals surface area contributed by atoms with Crippen molar-refractivity contribution >= 4 is 27.9 Å². The number of esters is 2. The molecule has 0 saturated heterocycles. The minimum Gasteiger partial charge on any atom is -0.465 e. The van der Waals surface area contributed by atoms with Crippen LogP contribution >= 0.6 is 15.9 Å². The number of hydrogen-bond acceptors (Lipinski definition) is 5. The minimum atomic E-state index is -0.641. The zero-order valence-electron chi connectivity index (χ0n) is 11.7. The number of aromatic nitrogens is 1. The molecule has 1 aromatic heterocycles. The molecule has 0 aliphatic rings. The molecule has 0 aliphatic heterocycles. The van der Waals surface area contributed by atoms with Gasteiger partial charge in [0.05, 0.1) is 17.1 Å². The van der Waals surface area contributed by atoms with Crippen LogP contribution in [0, 0.1) is 0 Å². The van der Waals surface area contributed by atoms with Crippen LogP contribution in [0.1, 0.15) is 31.1 Å².